The first-order chi connectivity index (χ1) is 17.0. The van der Waals surface area contributed by atoms with Crippen LogP contribution in [0, 0.1) is 0 Å². The molecule has 2 N–H and O–H groups in total. The summed E-state index contributed by atoms with van der Waals surface area (Å²) in [7, 11) is 1.47. The molecule has 2 atom stereocenters. The van der Waals surface area contributed by atoms with Gasteiger partial charge in [0.05, 0.1) is 5.56 Å². The Bertz CT molecular complexity index is 1140. The van der Waals surface area contributed by atoms with Gasteiger partial charge in [-0.25, -0.2) is 0 Å². The van der Waals surface area contributed by atoms with Crippen molar-refractivity contribution in [2.45, 2.75) is 37.5 Å². The molecule has 200 valence electrons. The first-order valence-electron chi connectivity index (χ1n) is 11.0. The summed E-state index contributed by atoms with van der Waals surface area (Å²) >= 11 is 0. The van der Waals surface area contributed by atoms with Crippen LogP contribution in [0.3, 0.4) is 0 Å². The van der Waals surface area contributed by atoms with Gasteiger partial charge in [0.1, 0.15) is 11.8 Å². The molecule has 0 heterocycles. The van der Waals surface area contributed by atoms with Crippen molar-refractivity contribution in [3.05, 3.63) is 101 Å². The zero-order chi connectivity index (χ0) is 26.3. The van der Waals surface area contributed by atoms with E-state index in [1.54, 1.807) is 36.4 Å². The molecule has 3 aromatic rings. The summed E-state index contributed by atoms with van der Waals surface area (Å²) in [6, 6.07) is 17.4. The highest BCUT2D eigenvalue weighted by Crippen LogP contribution is 2.31. The van der Waals surface area contributed by atoms with Crippen LogP contribution in [0.5, 0.6) is 5.75 Å². The maximum Gasteiger partial charge on any atom is 0.573 e. The van der Waals surface area contributed by atoms with E-state index in [0.717, 1.165) is 18.2 Å². The van der Waals surface area contributed by atoms with Gasteiger partial charge in [0, 0.05) is 13.1 Å². The van der Waals surface area contributed by atoms with Gasteiger partial charge in [-0.05, 0) is 53.8 Å². The van der Waals surface area contributed by atoms with Gasteiger partial charge in [0.2, 0.25) is 5.91 Å². The van der Waals surface area contributed by atoms with Crippen molar-refractivity contribution < 1.29 is 35.9 Å². The molecular formula is C26H25ClF6N2O2. The zero-order valence-corrected chi connectivity index (χ0v) is 20.4. The molecule has 0 aliphatic heterocycles. The molecule has 0 aliphatic rings. The maximum absolute atomic E-state index is 12.9. The SMILES string of the molecule is CNC(=O)C(N[C@@H](CCc1ccc(C(F)(F)F)cc1)c1cccc(OC(F)(F)F)c1)c1ccccc1.Cl. The average molecular weight is 547 g/mol. The molecule has 0 bridgehead atoms. The van der Waals surface area contributed by atoms with E-state index in [4.69, 9.17) is 0 Å². The van der Waals surface area contributed by atoms with Crippen LogP contribution in [-0.2, 0) is 17.4 Å². The number of halogens is 7. The van der Waals surface area contributed by atoms with E-state index in [1.807, 2.05) is 0 Å². The Hall–Kier alpha value is -3.24. The number of carbonyl (C=O) groups excluding carboxylic acids is 1. The molecule has 0 saturated heterocycles. The van der Waals surface area contributed by atoms with E-state index in [9.17, 15) is 31.1 Å². The van der Waals surface area contributed by atoms with Gasteiger partial charge >= 0.3 is 12.5 Å². The highest BCUT2D eigenvalue weighted by Gasteiger charge is 2.32. The van der Waals surface area contributed by atoms with Crippen LogP contribution < -0.4 is 15.4 Å². The van der Waals surface area contributed by atoms with Crippen LogP contribution in [0.2, 0.25) is 0 Å². The summed E-state index contributed by atoms with van der Waals surface area (Å²) in [5.74, 6) is -0.777. The third-order valence-electron chi connectivity index (χ3n) is 5.51. The third kappa shape index (κ3) is 8.98. The Kier molecular flexibility index (Phi) is 10.4. The Balaban J connectivity index is 0.00000481. The fourth-order valence-corrected chi connectivity index (χ4v) is 3.76. The number of hydrogen-bond donors (Lipinski definition) is 2. The molecule has 0 spiro atoms. The molecular weight excluding hydrogens is 522 g/mol. The molecule has 0 saturated carbocycles. The summed E-state index contributed by atoms with van der Waals surface area (Å²) in [4.78, 5) is 12.7. The van der Waals surface area contributed by atoms with Gasteiger partial charge in [-0.3, -0.25) is 10.1 Å². The van der Waals surface area contributed by atoms with Crippen molar-refractivity contribution in [2.75, 3.05) is 7.05 Å². The van der Waals surface area contributed by atoms with E-state index < -0.39 is 35.9 Å². The number of aryl methyl sites for hydroxylation is 1. The number of carbonyl (C=O) groups is 1. The fourth-order valence-electron chi connectivity index (χ4n) is 3.76. The quantitative estimate of drug-likeness (QED) is 0.291. The van der Waals surface area contributed by atoms with Gasteiger partial charge in [-0.1, -0.05) is 54.6 Å². The smallest absolute Gasteiger partial charge is 0.406 e. The highest BCUT2D eigenvalue weighted by molar-refractivity contribution is 5.85. The predicted molar refractivity (Wildman–Crippen MR) is 129 cm³/mol. The van der Waals surface area contributed by atoms with E-state index in [-0.39, 0.29) is 24.7 Å². The molecule has 0 aliphatic carbocycles. The fraction of sp³-hybridized carbons (Fsp3) is 0.269. The zero-order valence-electron chi connectivity index (χ0n) is 19.6. The van der Waals surface area contributed by atoms with Crippen LogP contribution in [-0.4, -0.2) is 19.3 Å². The lowest BCUT2D eigenvalue weighted by atomic mass is 9.96. The second kappa shape index (κ2) is 12.8. The van der Waals surface area contributed by atoms with Crippen molar-refractivity contribution in [2.24, 2.45) is 0 Å². The second-order valence-electron chi connectivity index (χ2n) is 8.03. The third-order valence-corrected chi connectivity index (χ3v) is 5.51. The minimum Gasteiger partial charge on any atom is -0.406 e. The van der Waals surface area contributed by atoms with Crippen LogP contribution in [0.15, 0.2) is 78.9 Å². The maximum atomic E-state index is 12.9. The molecule has 3 aromatic carbocycles. The second-order valence-corrected chi connectivity index (χ2v) is 8.03. The van der Waals surface area contributed by atoms with Gasteiger partial charge in [0.25, 0.3) is 0 Å². The van der Waals surface area contributed by atoms with Gasteiger partial charge in [-0.2, -0.15) is 13.2 Å². The Labute approximate surface area is 216 Å². The molecule has 0 radical (unpaired) electrons. The molecule has 3 rings (SSSR count). The number of likely N-dealkylation sites (N-methyl/N-ethyl adjacent to an activating group) is 1. The number of ether oxygens (including phenoxy) is 1. The highest BCUT2D eigenvalue weighted by atomic mass is 35.5. The average Bonchev–Trinajstić information content (AvgIpc) is 2.83. The number of rotatable bonds is 9. The van der Waals surface area contributed by atoms with Crippen LogP contribution in [0.4, 0.5) is 26.3 Å². The normalized spacial score (nSPS) is 13.3. The standard InChI is InChI=1S/C26H24F6N2O2.ClH/c1-33-24(35)23(18-6-3-2-4-7-18)34-22(19-8-5-9-21(16-19)36-26(30,31)32)15-12-17-10-13-20(14-11-17)25(27,28)29;/h2-11,13-14,16,22-23,34H,12,15H2,1H3,(H,33,35);1H/t22-,23?;/m0./s1. The minimum atomic E-state index is -4.88. The van der Waals surface area contributed by atoms with Crippen LogP contribution in [0.1, 0.15) is 40.8 Å². The van der Waals surface area contributed by atoms with Crippen LogP contribution >= 0.6 is 12.4 Å². The molecule has 0 aromatic heterocycles. The Morgan fingerprint density at radius 3 is 2.05 bits per heavy atom. The van der Waals surface area contributed by atoms with Gasteiger partial charge < -0.3 is 10.1 Å². The summed E-state index contributed by atoms with van der Waals surface area (Å²) in [5, 5.41) is 5.78. The van der Waals surface area contributed by atoms with E-state index >= 15 is 0 Å². The molecule has 1 amide bonds. The first kappa shape index (κ1) is 30.0. The molecule has 37 heavy (non-hydrogen) atoms. The van der Waals surface area contributed by atoms with Crippen molar-refractivity contribution in [3.63, 3.8) is 0 Å². The van der Waals surface area contributed by atoms with Crippen molar-refractivity contribution >= 4 is 18.3 Å². The molecule has 1 unspecified atom stereocenters. The minimum absolute atomic E-state index is 0. The number of amides is 1. The molecule has 11 heteroatoms. The lowest BCUT2D eigenvalue weighted by Gasteiger charge is -2.26. The van der Waals surface area contributed by atoms with Gasteiger partial charge in [0.15, 0.2) is 0 Å². The van der Waals surface area contributed by atoms with Crippen molar-refractivity contribution in [1.82, 2.24) is 10.6 Å². The lowest BCUT2D eigenvalue weighted by molar-refractivity contribution is -0.274. The number of nitrogens with one attached hydrogen (secondary N) is 2. The molecule has 0 fully saturated rings. The lowest BCUT2D eigenvalue weighted by Crippen LogP contribution is -2.38. The Morgan fingerprint density at radius 1 is 0.865 bits per heavy atom. The summed E-state index contributed by atoms with van der Waals surface area (Å²) in [5.41, 5.74) is 0.892. The summed E-state index contributed by atoms with van der Waals surface area (Å²) in [6.07, 6.45) is -8.76. The van der Waals surface area contributed by atoms with E-state index in [0.29, 0.717) is 23.1 Å². The number of hydrogen-bond acceptors (Lipinski definition) is 3. The first-order valence-corrected chi connectivity index (χ1v) is 11.0. The summed E-state index contributed by atoms with van der Waals surface area (Å²) < 4.78 is 81.0. The Morgan fingerprint density at radius 2 is 1.49 bits per heavy atom. The number of alkyl halides is 6. The van der Waals surface area contributed by atoms with Crippen LogP contribution in [0.25, 0.3) is 0 Å². The van der Waals surface area contributed by atoms with E-state index in [1.165, 1.54) is 31.3 Å². The predicted octanol–water partition coefficient (Wildman–Crippen LogP) is 6.78. The van der Waals surface area contributed by atoms with E-state index in [2.05, 4.69) is 15.4 Å². The van der Waals surface area contributed by atoms with Crippen molar-refractivity contribution in [3.8, 4) is 5.75 Å². The monoisotopic (exact) mass is 546 g/mol. The topological polar surface area (TPSA) is 50.4 Å². The molecule has 4 nitrogen and oxygen atoms in total. The number of benzene rings is 3. The largest absolute Gasteiger partial charge is 0.573 e. The van der Waals surface area contributed by atoms with Crippen molar-refractivity contribution in [1.29, 1.82) is 0 Å². The van der Waals surface area contributed by atoms with Gasteiger partial charge in [-0.15, -0.1) is 25.6 Å². The summed E-state index contributed by atoms with van der Waals surface area (Å²) in [6.45, 7) is 0.